The van der Waals surface area contributed by atoms with Crippen molar-refractivity contribution in [1.82, 2.24) is 20.2 Å². The van der Waals surface area contributed by atoms with Gasteiger partial charge >= 0.3 is 5.76 Å². The number of sulfonamides is 1. The number of H-pyrrole nitrogens is 1. The van der Waals surface area contributed by atoms with Crippen LogP contribution in [0.3, 0.4) is 0 Å². The minimum absolute atomic E-state index is 0.0389. The number of alkyl halides is 2. The van der Waals surface area contributed by atoms with Crippen molar-refractivity contribution in [3.8, 4) is 17.0 Å². The van der Waals surface area contributed by atoms with Gasteiger partial charge in [-0.1, -0.05) is 18.2 Å². The highest BCUT2D eigenvalue weighted by atomic mass is 32.2. The Hall–Kier alpha value is -4.13. The van der Waals surface area contributed by atoms with Gasteiger partial charge in [0.1, 0.15) is 23.0 Å². The minimum atomic E-state index is -4.95. The van der Waals surface area contributed by atoms with Crippen LogP contribution in [0, 0.1) is 12.7 Å². The summed E-state index contributed by atoms with van der Waals surface area (Å²) in [5.41, 5.74) is 1.57. The quantitative estimate of drug-likeness (QED) is 0.276. The van der Waals surface area contributed by atoms with Crippen LogP contribution in [0.5, 0.6) is 5.75 Å². The average molecular weight is 531 g/mol. The normalized spacial score (nSPS) is 14.4. The second kappa shape index (κ2) is 9.39. The Labute approximate surface area is 210 Å². The lowest BCUT2D eigenvalue weighted by atomic mass is 10.1. The fourth-order valence-electron chi connectivity index (χ4n) is 3.71. The molecule has 0 saturated heterocycles. The molecule has 1 aliphatic carbocycles. The van der Waals surface area contributed by atoms with Crippen molar-refractivity contribution >= 4 is 27.3 Å². The molecule has 0 bridgehead atoms. The van der Waals surface area contributed by atoms with E-state index >= 15 is 0 Å². The van der Waals surface area contributed by atoms with Crippen molar-refractivity contribution in [2.24, 2.45) is 0 Å². The van der Waals surface area contributed by atoms with Gasteiger partial charge in [0.15, 0.2) is 5.82 Å². The van der Waals surface area contributed by atoms with E-state index in [-0.39, 0.29) is 11.4 Å². The van der Waals surface area contributed by atoms with E-state index in [1.54, 1.807) is 30.6 Å². The largest absolute Gasteiger partial charge is 0.480 e. The fourth-order valence-corrected chi connectivity index (χ4v) is 4.27. The molecule has 0 aliphatic heterocycles. The second-order valence-corrected chi connectivity index (χ2v) is 10.2. The third kappa shape index (κ3) is 5.35. The Bertz CT molecular complexity index is 1520. The van der Waals surface area contributed by atoms with Crippen LogP contribution in [0.1, 0.15) is 24.1 Å². The van der Waals surface area contributed by atoms with Gasteiger partial charge in [-0.05, 0) is 49.6 Å². The van der Waals surface area contributed by atoms with Gasteiger partial charge in [0.25, 0.3) is 10.0 Å². The summed E-state index contributed by atoms with van der Waals surface area (Å²) >= 11 is 0. The van der Waals surface area contributed by atoms with Crippen LogP contribution < -0.4 is 14.8 Å². The van der Waals surface area contributed by atoms with Crippen molar-refractivity contribution in [1.29, 1.82) is 0 Å². The van der Waals surface area contributed by atoms with E-state index in [2.05, 4.69) is 25.5 Å². The number of nitrogens with one attached hydrogen (secondary N) is 3. The summed E-state index contributed by atoms with van der Waals surface area (Å²) < 4.78 is 71.5. The Balaban J connectivity index is 1.46. The first-order chi connectivity index (χ1) is 17.6. The fraction of sp³-hybridized carbons (Fsp3) is 0.208. The second-order valence-electron chi connectivity index (χ2n) is 8.56. The SMILES string of the molecule is Cc1cnc(Nc2cc(-c3ccc(NS(=O)(=O)C(F)F)c(OC4(c5ccc(F)cc5)CC4)c3)[nH]n2)cn1. The third-order valence-electron chi connectivity index (χ3n) is 5.77. The number of nitrogens with zero attached hydrogens (tertiary/aromatic N) is 3. The lowest BCUT2D eigenvalue weighted by Crippen LogP contribution is -2.22. The van der Waals surface area contributed by atoms with Gasteiger partial charge in [-0.25, -0.2) is 17.8 Å². The van der Waals surface area contributed by atoms with Crippen LogP contribution >= 0.6 is 0 Å². The summed E-state index contributed by atoms with van der Waals surface area (Å²) in [5, 5.41) is 10.1. The Morgan fingerprint density at radius 2 is 1.78 bits per heavy atom. The van der Waals surface area contributed by atoms with Gasteiger partial charge < -0.3 is 10.1 Å². The Kier molecular flexibility index (Phi) is 6.23. The Morgan fingerprint density at radius 1 is 1.03 bits per heavy atom. The highest BCUT2D eigenvalue weighted by molar-refractivity contribution is 7.93. The maximum atomic E-state index is 13.4. The van der Waals surface area contributed by atoms with Crippen molar-refractivity contribution in [3.63, 3.8) is 0 Å². The van der Waals surface area contributed by atoms with Gasteiger partial charge in [-0.3, -0.25) is 14.8 Å². The maximum absolute atomic E-state index is 13.4. The minimum Gasteiger partial charge on any atom is -0.480 e. The van der Waals surface area contributed by atoms with Gasteiger partial charge in [-0.2, -0.15) is 13.9 Å². The molecule has 4 aromatic rings. The molecule has 0 unspecified atom stereocenters. The number of rotatable bonds is 9. The van der Waals surface area contributed by atoms with Gasteiger partial charge in [0, 0.05) is 11.6 Å². The van der Waals surface area contributed by atoms with Crippen LogP contribution in [-0.2, 0) is 15.6 Å². The number of ether oxygens (including phenoxy) is 1. The zero-order chi connectivity index (χ0) is 26.2. The first-order valence-electron chi connectivity index (χ1n) is 11.1. The molecule has 0 radical (unpaired) electrons. The average Bonchev–Trinajstić information content (AvgIpc) is 3.49. The molecule has 0 atom stereocenters. The molecular formula is C24H21F3N6O3S. The number of halogens is 3. The van der Waals surface area contributed by atoms with E-state index in [4.69, 9.17) is 4.74 Å². The number of aromatic amines is 1. The smallest absolute Gasteiger partial charge is 0.355 e. The van der Waals surface area contributed by atoms with Crippen molar-refractivity contribution in [3.05, 3.63) is 78.0 Å². The maximum Gasteiger partial charge on any atom is 0.355 e. The number of aryl methyl sites for hydroxylation is 1. The first kappa shape index (κ1) is 24.6. The van der Waals surface area contributed by atoms with Crippen molar-refractivity contribution < 1.29 is 26.3 Å². The Morgan fingerprint density at radius 3 is 2.43 bits per heavy atom. The van der Waals surface area contributed by atoms with Crippen LogP contribution in [0.4, 0.5) is 30.5 Å². The van der Waals surface area contributed by atoms with Crippen LogP contribution in [0.25, 0.3) is 11.3 Å². The molecule has 0 amide bonds. The molecule has 0 spiro atoms. The predicted molar refractivity (Wildman–Crippen MR) is 131 cm³/mol. The summed E-state index contributed by atoms with van der Waals surface area (Å²) in [6.45, 7) is 1.82. The van der Waals surface area contributed by atoms with E-state index in [1.807, 2.05) is 11.6 Å². The lowest BCUT2D eigenvalue weighted by molar-refractivity contribution is 0.182. The van der Waals surface area contributed by atoms with Gasteiger partial charge in [-0.15, -0.1) is 0 Å². The highest BCUT2D eigenvalue weighted by Crippen LogP contribution is 2.51. The molecule has 1 saturated carbocycles. The zero-order valence-electron chi connectivity index (χ0n) is 19.4. The van der Waals surface area contributed by atoms with E-state index in [1.165, 1.54) is 30.3 Å². The molecule has 2 aromatic heterocycles. The molecule has 192 valence electrons. The number of anilines is 3. The molecule has 37 heavy (non-hydrogen) atoms. The van der Waals surface area contributed by atoms with Crippen LogP contribution in [-0.4, -0.2) is 34.3 Å². The van der Waals surface area contributed by atoms with Crippen LogP contribution in [0.2, 0.25) is 0 Å². The number of hydrogen-bond acceptors (Lipinski definition) is 7. The molecule has 2 heterocycles. The van der Waals surface area contributed by atoms with Gasteiger partial charge in [0.2, 0.25) is 0 Å². The summed E-state index contributed by atoms with van der Waals surface area (Å²) in [6.07, 6.45) is 4.33. The zero-order valence-corrected chi connectivity index (χ0v) is 20.2. The summed E-state index contributed by atoms with van der Waals surface area (Å²) in [5.74, 6) is -3.06. The molecule has 3 N–H and O–H groups in total. The van der Waals surface area contributed by atoms with Crippen LogP contribution in [0.15, 0.2) is 60.9 Å². The lowest BCUT2D eigenvalue weighted by Gasteiger charge is -2.22. The molecular weight excluding hydrogens is 509 g/mol. The van der Waals surface area contributed by atoms with Gasteiger partial charge in [0.05, 0.1) is 29.5 Å². The van der Waals surface area contributed by atoms with E-state index in [9.17, 15) is 21.6 Å². The number of benzene rings is 2. The number of aromatic nitrogens is 4. The molecule has 1 fully saturated rings. The molecule has 1 aliphatic rings. The van der Waals surface area contributed by atoms with E-state index in [0.29, 0.717) is 41.3 Å². The first-order valence-corrected chi connectivity index (χ1v) is 12.7. The topological polar surface area (TPSA) is 122 Å². The van der Waals surface area contributed by atoms with Crippen molar-refractivity contribution in [2.45, 2.75) is 31.1 Å². The third-order valence-corrected chi connectivity index (χ3v) is 6.75. The summed E-state index contributed by atoms with van der Waals surface area (Å²) in [7, 11) is -4.95. The molecule has 13 heteroatoms. The van der Waals surface area contributed by atoms with E-state index in [0.717, 1.165) is 5.69 Å². The molecule has 5 rings (SSSR count). The predicted octanol–water partition coefficient (Wildman–Crippen LogP) is 5.09. The molecule has 2 aromatic carbocycles. The monoisotopic (exact) mass is 530 g/mol. The van der Waals surface area contributed by atoms with Crippen molar-refractivity contribution in [2.75, 3.05) is 10.0 Å². The van der Waals surface area contributed by atoms with E-state index < -0.39 is 27.2 Å². The highest BCUT2D eigenvalue weighted by Gasteiger charge is 2.47. The summed E-state index contributed by atoms with van der Waals surface area (Å²) in [4.78, 5) is 8.38. The number of hydrogen-bond donors (Lipinski definition) is 3. The standard InChI is InChI=1S/C24H21F3N6O3S/c1-14-12-29-22(13-28-14)30-21-11-19(31-32-21)15-2-7-18(33-37(34,35)23(26)27)20(10-15)36-24(8-9-24)16-3-5-17(25)6-4-16/h2-7,10-13,23,33H,8-9H2,1H3,(H2,29,30,31,32). The summed E-state index contributed by atoms with van der Waals surface area (Å²) in [6, 6.07) is 11.8. The molecule has 9 nitrogen and oxygen atoms in total.